The van der Waals surface area contributed by atoms with Gasteiger partial charge in [0.25, 0.3) is 0 Å². The molecule has 0 saturated carbocycles. The fraction of sp³-hybridized carbons (Fsp3) is 0.765. The van der Waals surface area contributed by atoms with Gasteiger partial charge in [-0.25, -0.2) is 4.79 Å². The van der Waals surface area contributed by atoms with E-state index < -0.39 is 6.09 Å². The molecule has 0 fully saturated rings. The molecule has 0 saturated heterocycles. The lowest BCUT2D eigenvalue weighted by molar-refractivity contribution is -0.142. The summed E-state index contributed by atoms with van der Waals surface area (Å²) in [5.74, 6) is -0.218. The van der Waals surface area contributed by atoms with Crippen molar-refractivity contribution in [2.24, 2.45) is 0 Å². The molecule has 39 heavy (non-hydrogen) atoms. The van der Waals surface area contributed by atoms with Crippen molar-refractivity contribution in [3.05, 3.63) is 29.3 Å². The van der Waals surface area contributed by atoms with Crippen molar-refractivity contribution >= 4 is 17.7 Å². The van der Waals surface area contributed by atoms with Gasteiger partial charge in [-0.05, 0) is 37.0 Å². The highest BCUT2D eigenvalue weighted by Gasteiger charge is 2.10. The van der Waals surface area contributed by atoms with Gasteiger partial charge in [0.15, 0.2) is 0 Å². The largest absolute Gasteiger partial charge is 0.465 e. The average molecular weight is 546 g/mol. The first-order valence-electron chi connectivity index (χ1n) is 16.3. The highest BCUT2D eigenvalue weighted by atomic mass is 16.5. The van der Waals surface area contributed by atoms with Gasteiger partial charge in [-0.1, -0.05) is 142 Å². The lowest BCUT2D eigenvalue weighted by Gasteiger charge is -2.11. The molecule has 5 nitrogen and oxygen atoms in total. The summed E-state index contributed by atoms with van der Waals surface area (Å²) in [7, 11) is 0. The molecular weight excluding hydrogens is 486 g/mol. The summed E-state index contributed by atoms with van der Waals surface area (Å²) in [4.78, 5) is 24.5. The summed E-state index contributed by atoms with van der Waals surface area (Å²) in [6.07, 6.45) is 24.9. The van der Waals surface area contributed by atoms with E-state index in [9.17, 15) is 9.59 Å². The van der Waals surface area contributed by atoms with E-state index in [-0.39, 0.29) is 12.4 Å². The zero-order chi connectivity index (χ0) is 28.4. The van der Waals surface area contributed by atoms with E-state index in [0.717, 1.165) is 36.8 Å². The van der Waals surface area contributed by atoms with Crippen LogP contribution in [0, 0.1) is 6.92 Å². The predicted octanol–water partition coefficient (Wildman–Crippen LogP) is 10.5. The topological polar surface area (TPSA) is 64.6 Å². The van der Waals surface area contributed by atoms with Crippen LogP contribution in [-0.2, 0) is 20.7 Å². The number of anilines is 1. The van der Waals surface area contributed by atoms with Crippen LogP contribution in [-0.4, -0.2) is 25.3 Å². The first-order valence-corrected chi connectivity index (χ1v) is 16.3. The van der Waals surface area contributed by atoms with Crippen molar-refractivity contribution in [3.8, 4) is 0 Å². The second-order valence-corrected chi connectivity index (χ2v) is 11.2. The number of rotatable bonds is 25. The Morgan fingerprint density at radius 1 is 0.615 bits per heavy atom. The third-order valence-electron chi connectivity index (χ3n) is 7.38. The number of esters is 1. The number of amides is 1. The summed E-state index contributed by atoms with van der Waals surface area (Å²) >= 11 is 0. The molecule has 0 unspecified atom stereocenters. The van der Waals surface area contributed by atoms with Crippen molar-refractivity contribution in [3.63, 3.8) is 0 Å². The van der Waals surface area contributed by atoms with Crippen molar-refractivity contribution in [1.29, 1.82) is 0 Å². The third-order valence-corrected chi connectivity index (χ3v) is 7.38. The molecular formula is C34H59NO4. The fourth-order valence-electron chi connectivity index (χ4n) is 4.81. The van der Waals surface area contributed by atoms with Gasteiger partial charge in [-0.2, -0.15) is 0 Å². The van der Waals surface area contributed by atoms with Gasteiger partial charge in [0.1, 0.15) is 0 Å². The van der Waals surface area contributed by atoms with Gasteiger partial charge in [0, 0.05) is 5.69 Å². The highest BCUT2D eigenvalue weighted by Crippen LogP contribution is 2.18. The lowest BCUT2D eigenvalue weighted by Crippen LogP contribution is -2.16. The van der Waals surface area contributed by atoms with Gasteiger partial charge in [-0.15, -0.1) is 0 Å². The van der Waals surface area contributed by atoms with Crippen molar-refractivity contribution in [2.45, 2.75) is 156 Å². The number of ether oxygens (including phenoxy) is 2. The Kier molecular flexibility index (Phi) is 22.4. The van der Waals surface area contributed by atoms with Crippen LogP contribution < -0.4 is 5.32 Å². The van der Waals surface area contributed by atoms with E-state index in [2.05, 4.69) is 19.2 Å². The number of carbonyl (C=O) groups is 2. The van der Waals surface area contributed by atoms with Crippen LogP contribution in [0.2, 0.25) is 0 Å². The monoisotopic (exact) mass is 545 g/mol. The first kappa shape index (κ1) is 35.0. The Morgan fingerprint density at radius 2 is 1.05 bits per heavy atom. The Hall–Kier alpha value is -2.04. The second-order valence-electron chi connectivity index (χ2n) is 11.2. The number of hydrogen-bond acceptors (Lipinski definition) is 4. The Balaban J connectivity index is 2.13. The fourth-order valence-corrected chi connectivity index (χ4v) is 4.81. The summed E-state index contributed by atoms with van der Waals surface area (Å²) in [5, 5.41) is 2.84. The predicted molar refractivity (Wildman–Crippen MR) is 165 cm³/mol. The van der Waals surface area contributed by atoms with Crippen molar-refractivity contribution in [1.82, 2.24) is 0 Å². The van der Waals surface area contributed by atoms with Gasteiger partial charge in [-0.3, -0.25) is 10.1 Å². The second kappa shape index (κ2) is 25.0. The molecule has 1 aromatic rings. The molecule has 0 aliphatic carbocycles. The summed E-state index contributed by atoms with van der Waals surface area (Å²) in [6, 6.07) is 5.68. The number of aryl methyl sites for hydroxylation is 1. The number of hydrogen-bond donors (Lipinski definition) is 1. The Bertz CT molecular complexity index is 749. The molecule has 1 rings (SSSR count). The van der Waals surface area contributed by atoms with Gasteiger partial charge < -0.3 is 9.47 Å². The van der Waals surface area contributed by atoms with Crippen LogP contribution in [0.15, 0.2) is 18.2 Å². The summed E-state index contributed by atoms with van der Waals surface area (Å²) < 4.78 is 10.8. The smallest absolute Gasteiger partial charge is 0.411 e. The maximum atomic E-state index is 12.3. The Labute approximate surface area is 240 Å². The molecule has 0 aliphatic rings. The molecule has 0 aliphatic heterocycles. The molecule has 1 aromatic carbocycles. The third kappa shape index (κ3) is 20.5. The van der Waals surface area contributed by atoms with Crippen LogP contribution in [0.3, 0.4) is 0 Å². The first-order chi connectivity index (χ1) is 19.1. The van der Waals surface area contributed by atoms with E-state index in [1.165, 1.54) is 103 Å². The molecule has 0 aromatic heterocycles. The normalized spacial score (nSPS) is 10.9. The maximum Gasteiger partial charge on any atom is 0.411 e. The number of benzene rings is 1. The molecule has 0 heterocycles. The minimum atomic E-state index is -0.435. The van der Waals surface area contributed by atoms with E-state index in [4.69, 9.17) is 9.47 Å². The van der Waals surface area contributed by atoms with Gasteiger partial charge >= 0.3 is 12.1 Å². The molecule has 5 heteroatoms. The molecule has 0 spiro atoms. The SMILES string of the molecule is CCCCCCCCCCCCOC(=O)Cc1ccc(C)c(NC(=O)OCCCCCCCCCCCC)c1. The molecule has 0 bridgehead atoms. The van der Waals surface area contributed by atoms with Crippen LogP contribution >= 0.6 is 0 Å². The van der Waals surface area contributed by atoms with E-state index in [1.54, 1.807) is 0 Å². The molecule has 0 radical (unpaired) electrons. The minimum absolute atomic E-state index is 0.209. The summed E-state index contributed by atoms with van der Waals surface area (Å²) in [6.45, 7) is 7.36. The lowest BCUT2D eigenvalue weighted by atomic mass is 10.1. The zero-order valence-electron chi connectivity index (χ0n) is 25.6. The van der Waals surface area contributed by atoms with E-state index >= 15 is 0 Å². The van der Waals surface area contributed by atoms with Crippen LogP contribution in [0.5, 0.6) is 0 Å². The zero-order valence-corrected chi connectivity index (χ0v) is 25.6. The summed E-state index contributed by atoms with van der Waals surface area (Å²) in [5.41, 5.74) is 2.45. The van der Waals surface area contributed by atoms with Crippen molar-refractivity contribution < 1.29 is 19.1 Å². The maximum absolute atomic E-state index is 12.3. The van der Waals surface area contributed by atoms with E-state index in [0.29, 0.717) is 18.9 Å². The van der Waals surface area contributed by atoms with Crippen LogP contribution in [0.25, 0.3) is 0 Å². The number of carbonyl (C=O) groups excluding carboxylic acids is 2. The minimum Gasteiger partial charge on any atom is -0.465 e. The highest BCUT2D eigenvalue weighted by molar-refractivity contribution is 5.86. The number of nitrogens with one attached hydrogen (secondary N) is 1. The van der Waals surface area contributed by atoms with Crippen LogP contribution in [0.1, 0.15) is 153 Å². The molecule has 224 valence electrons. The quantitative estimate of drug-likeness (QED) is 0.0980. The standard InChI is InChI=1S/C34H59NO4/c1-4-6-8-10-12-14-16-18-20-22-26-38-33(36)29-31-25-24-30(3)32(28-31)35-34(37)39-27-23-21-19-17-15-13-11-9-7-5-2/h24-25,28H,4-23,26-27,29H2,1-3H3,(H,35,37). The van der Waals surface area contributed by atoms with E-state index in [1.807, 2.05) is 25.1 Å². The average Bonchev–Trinajstić information content (AvgIpc) is 2.92. The van der Waals surface area contributed by atoms with Gasteiger partial charge in [0.05, 0.1) is 19.6 Å². The Morgan fingerprint density at radius 3 is 1.54 bits per heavy atom. The van der Waals surface area contributed by atoms with Gasteiger partial charge in [0.2, 0.25) is 0 Å². The number of unbranched alkanes of at least 4 members (excludes halogenated alkanes) is 18. The molecule has 1 amide bonds. The van der Waals surface area contributed by atoms with Crippen LogP contribution in [0.4, 0.5) is 10.5 Å². The molecule has 0 atom stereocenters. The van der Waals surface area contributed by atoms with Crippen molar-refractivity contribution in [2.75, 3.05) is 18.5 Å². The molecule has 1 N–H and O–H groups in total.